The molecular formula is C18H15ClFNO5. The summed E-state index contributed by atoms with van der Waals surface area (Å²) in [7, 11) is 0. The molecule has 26 heavy (non-hydrogen) atoms. The lowest BCUT2D eigenvalue weighted by Gasteiger charge is -2.14. The van der Waals surface area contributed by atoms with Gasteiger partial charge in [0.1, 0.15) is 5.82 Å². The van der Waals surface area contributed by atoms with E-state index in [-0.39, 0.29) is 23.9 Å². The van der Waals surface area contributed by atoms with Gasteiger partial charge in [0.2, 0.25) is 6.79 Å². The van der Waals surface area contributed by atoms with Gasteiger partial charge in [-0.15, -0.1) is 0 Å². The first-order chi connectivity index (χ1) is 12.4. The molecule has 0 saturated heterocycles. The maximum Gasteiger partial charge on any atom is 0.340 e. The molecule has 2 aromatic carbocycles. The molecule has 1 heterocycles. The highest BCUT2D eigenvalue weighted by Gasteiger charge is 2.21. The minimum atomic E-state index is -1.04. The number of hydrogen-bond acceptors (Lipinski definition) is 5. The van der Waals surface area contributed by atoms with E-state index in [1.807, 2.05) is 0 Å². The van der Waals surface area contributed by atoms with Crippen LogP contribution in [0.15, 0.2) is 36.4 Å². The number of hydrogen-bond donors (Lipinski definition) is 1. The Morgan fingerprint density at radius 3 is 2.77 bits per heavy atom. The van der Waals surface area contributed by atoms with Crippen molar-refractivity contribution < 1.29 is 28.2 Å². The summed E-state index contributed by atoms with van der Waals surface area (Å²) in [4.78, 5) is 24.2. The fourth-order valence-electron chi connectivity index (χ4n) is 2.32. The van der Waals surface area contributed by atoms with Gasteiger partial charge in [-0.1, -0.05) is 17.7 Å². The summed E-state index contributed by atoms with van der Waals surface area (Å²) >= 11 is 5.81. The lowest BCUT2D eigenvalue weighted by molar-refractivity contribution is -0.129. The van der Waals surface area contributed by atoms with Crippen LogP contribution >= 0.6 is 11.6 Å². The summed E-state index contributed by atoms with van der Waals surface area (Å²) in [6, 6.07) is 8.61. The third-order valence-electron chi connectivity index (χ3n) is 3.71. The number of carbonyl (C=O) groups excluding carboxylic acids is 2. The number of esters is 1. The van der Waals surface area contributed by atoms with Crippen molar-refractivity contribution in [3.8, 4) is 11.5 Å². The number of rotatable bonds is 5. The molecule has 0 aliphatic carbocycles. The maximum absolute atomic E-state index is 13.0. The van der Waals surface area contributed by atoms with E-state index in [9.17, 15) is 14.0 Å². The highest BCUT2D eigenvalue weighted by Crippen LogP contribution is 2.32. The molecule has 1 N–H and O–H groups in total. The Morgan fingerprint density at radius 2 is 2.00 bits per heavy atom. The van der Waals surface area contributed by atoms with Crippen LogP contribution in [-0.4, -0.2) is 24.8 Å². The molecule has 1 atom stereocenters. The van der Waals surface area contributed by atoms with Crippen LogP contribution in [0.25, 0.3) is 0 Å². The van der Waals surface area contributed by atoms with E-state index in [2.05, 4.69) is 5.32 Å². The van der Waals surface area contributed by atoms with Crippen molar-refractivity contribution in [1.82, 2.24) is 5.32 Å². The third kappa shape index (κ3) is 4.05. The van der Waals surface area contributed by atoms with Crippen LogP contribution in [0, 0.1) is 5.82 Å². The monoisotopic (exact) mass is 379 g/mol. The van der Waals surface area contributed by atoms with Gasteiger partial charge in [0.25, 0.3) is 5.91 Å². The zero-order valence-corrected chi connectivity index (χ0v) is 14.5. The number of carbonyl (C=O) groups is 2. The van der Waals surface area contributed by atoms with E-state index < -0.39 is 23.8 Å². The van der Waals surface area contributed by atoms with Gasteiger partial charge < -0.3 is 19.5 Å². The zero-order valence-electron chi connectivity index (χ0n) is 13.8. The first-order valence-corrected chi connectivity index (χ1v) is 8.14. The highest BCUT2D eigenvalue weighted by molar-refractivity contribution is 6.33. The Kier molecular flexibility index (Phi) is 5.27. The molecule has 3 rings (SSSR count). The number of amides is 1. The third-order valence-corrected chi connectivity index (χ3v) is 4.02. The van der Waals surface area contributed by atoms with Crippen molar-refractivity contribution in [3.05, 3.63) is 58.4 Å². The summed E-state index contributed by atoms with van der Waals surface area (Å²) in [6.07, 6.45) is -1.04. The second-order valence-corrected chi connectivity index (χ2v) is 5.98. The van der Waals surface area contributed by atoms with Crippen LogP contribution in [0.4, 0.5) is 4.39 Å². The molecule has 8 heteroatoms. The first kappa shape index (κ1) is 18.0. The van der Waals surface area contributed by atoms with Crippen molar-refractivity contribution in [2.75, 3.05) is 6.79 Å². The van der Waals surface area contributed by atoms with Gasteiger partial charge in [0.15, 0.2) is 17.6 Å². The molecule has 0 radical (unpaired) electrons. The first-order valence-electron chi connectivity index (χ1n) is 7.76. The second kappa shape index (κ2) is 7.61. The number of ether oxygens (including phenoxy) is 3. The van der Waals surface area contributed by atoms with Crippen molar-refractivity contribution in [2.24, 2.45) is 0 Å². The molecular weight excluding hydrogens is 365 g/mol. The topological polar surface area (TPSA) is 73.9 Å². The van der Waals surface area contributed by atoms with Crippen LogP contribution in [0.5, 0.6) is 11.5 Å². The minimum Gasteiger partial charge on any atom is -0.454 e. The van der Waals surface area contributed by atoms with Crippen LogP contribution in [0.2, 0.25) is 5.02 Å². The Bertz CT molecular complexity index is 857. The second-order valence-electron chi connectivity index (χ2n) is 5.58. The number of nitrogens with one attached hydrogen (secondary N) is 1. The van der Waals surface area contributed by atoms with Crippen LogP contribution in [0.1, 0.15) is 22.8 Å². The summed E-state index contributed by atoms with van der Waals surface area (Å²) in [6.45, 7) is 1.84. The maximum atomic E-state index is 13.0. The smallest absolute Gasteiger partial charge is 0.340 e. The molecule has 1 amide bonds. The quantitative estimate of drug-likeness (QED) is 0.808. The van der Waals surface area contributed by atoms with Crippen LogP contribution < -0.4 is 14.8 Å². The molecule has 1 aliphatic rings. The molecule has 136 valence electrons. The lowest BCUT2D eigenvalue weighted by Crippen LogP contribution is -2.35. The van der Waals surface area contributed by atoms with Gasteiger partial charge in [-0.25, -0.2) is 9.18 Å². The van der Waals surface area contributed by atoms with Gasteiger partial charge >= 0.3 is 5.97 Å². The van der Waals surface area contributed by atoms with Gasteiger partial charge in [0.05, 0.1) is 10.6 Å². The average Bonchev–Trinajstić information content (AvgIpc) is 3.07. The number of benzene rings is 2. The van der Waals surface area contributed by atoms with Gasteiger partial charge in [0, 0.05) is 6.54 Å². The van der Waals surface area contributed by atoms with E-state index >= 15 is 0 Å². The predicted molar refractivity (Wildman–Crippen MR) is 90.7 cm³/mol. The molecule has 0 aromatic heterocycles. The van der Waals surface area contributed by atoms with Gasteiger partial charge in [-0.3, -0.25) is 4.79 Å². The molecule has 2 aromatic rings. The normalized spacial score (nSPS) is 13.2. The Balaban J connectivity index is 1.55. The number of halogens is 2. The predicted octanol–water partition coefficient (Wildman–Crippen LogP) is 3.07. The summed E-state index contributed by atoms with van der Waals surface area (Å²) in [5, 5.41) is 2.58. The van der Waals surface area contributed by atoms with Crippen molar-refractivity contribution >= 4 is 23.5 Å². The molecule has 1 aliphatic heterocycles. The zero-order chi connectivity index (χ0) is 18.7. The van der Waals surface area contributed by atoms with Gasteiger partial charge in [-0.05, 0) is 42.8 Å². The molecule has 6 nitrogen and oxygen atoms in total. The Labute approximate surface area is 153 Å². The number of fused-ring (bicyclic) bond motifs is 1. The van der Waals surface area contributed by atoms with Crippen molar-refractivity contribution in [1.29, 1.82) is 0 Å². The minimum absolute atomic E-state index is 0.0107. The molecule has 0 unspecified atom stereocenters. The summed E-state index contributed by atoms with van der Waals surface area (Å²) in [5.74, 6) is -0.586. The van der Waals surface area contributed by atoms with E-state index in [4.69, 9.17) is 25.8 Å². The molecule has 0 spiro atoms. The lowest BCUT2D eigenvalue weighted by atomic mass is 10.2. The highest BCUT2D eigenvalue weighted by atomic mass is 35.5. The fourth-order valence-corrected chi connectivity index (χ4v) is 2.56. The fraction of sp³-hybridized carbons (Fsp3) is 0.222. The molecule has 0 saturated carbocycles. The Morgan fingerprint density at radius 1 is 1.23 bits per heavy atom. The Hall–Kier alpha value is -2.80. The van der Waals surface area contributed by atoms with Gasteiger partial charge in [-0.2, -0.15) is 0 Å². The van der Waals surface area contributed by atoms with Crippen molar-refractivity contribution in [3.63, 3.8) is 0 Å². The van der Waals surface area contributed by atoms with Crippen molar-refractivity contribution in [2.45, 2.75) is 19.6 Å². The van der Waals surface area contributed by atoms with Crippen LogP contribution in [-0.2, 0) is 16.1 Å². The molecule has 0 fully saturated rings. The molecule has 0 bridgehead atoms. The van der Waals surface area contributed by atoms with E-state index in [1.165, 1.54) is 13.0 Å². The van der Waals surface area contributed by atoms with E-state index in [1.54, 1.807) is 18.2 Å². The van der Waals surface area contributed by atoms with E-state index in [0.717, 1.165) is 17.7 Å². The standard InChI is InChI=1S/C18H15ClFNO5/c1-10(26-18(23)13-4-3-12(20)7-14(13)19)17(22)21-8-11-2-5-15-16(6-11)25-9-24-15/h2-7,10H,8-9H2,1H3,(H,21,22)/t10-/m0/s1. The largest absolute Gasteiger partial charge is 0.454 e. The SMILES string of the molecule is C[C@H](OC(=O)c1ccc(F)cc1Cl)C(=O)NCc1ccc2c(c1)OCO2. The average molecular weight is 380 g/mol. The van der Waals surface area contributed by atoms with Crippen LogP contribution in [0.3, 0.4) is 0 Å². The van der Waals surface area contributed by atoms with E-state index in [0.29, 0.717) is 11.5 Å². The summed E-state index contributed by atoms with van der Waals surface area (Å²) < 4.78 is 28.6. The summed E-state index contributed by atoms with van der Waals surface area (Å²) in [5.41, 5.74) is 0.797.